The number of carbonyl (C=O) groups excluding carboxylic acids is 2. The normalized spacial score (nSPS) is 17.7. The van der Waals surface area contributed by atoms with E-state index < -0.39 is 0 Å². The lowest BCUT2D eigenvalue weighted by Gasteiger charge is -2.31. The molecule has 0 spiro atoms. The van der Waals surface area contributed by atoms with Crippen molar-refractivity contribution in [3.8, 4) is 5.69 Å². The molecular formula is C22H31N5O2. The molecular weight excluding hydrogens is 366 g/mol. The molecule has 2 amide bonds. The topological polar surface area (TPSA) is 79.3 Å². The molecule has 1 aliphatic rings. The summed E-state index contributed by atoms with van der Waals surface area (Å²) in [5.74, 6) is 0.557. The van der Waals surface area contributed by atoms with Crippen molar-refractivity contribution in [2.75, 3.05) is 32.0 Å². The molecule has 2 heterocycles. The number of likely N-dealkylation sites (tertiary alicyclic amines) is 1. The van der Waals surface area contributed by atoms with Gasteiger partial charge in [0.15, 0.2) is 0 Å². The molecule has 2 aromatic rings. The first kappa shape index (κ1) is 21.0. The van der Waals surface area contributed by atoms with Crippen LogP contribution in [0.3, 0.4) is 0 Å². The van der Waals surface area contributed by atoms with Crippen LogP contribution in [0.1, 0.15) is 39.3 Å². The van der Waals surface area contributed by atoms with Gasteiger partial charge in [0.1, 0.15) is 5.82 Å². The lowest BCUT2D eigenvalue weighted by Crippen LogP contribution is -2.45. The van der Waals surface area contributed by atoms with Crippen molar-refractivity contribution in [2.45, 2.75) is 39.0 Å². The lowest BCUT2D eigenvalue weighted by atomic mass is 9.92. The van der Waals surface area contributed by atoms with E-state index in [-0.39, 0.29) is 29.7 Å². The minimum absolute atomic E-state index is 0.0482. The summed E-state index contributed by atoms with van der Waals surface area (Å²) in [5, 5.41) is 10.5. The van der Waals surface area contributed by atoms with E-state index in [4.69, 9.17) is 5.10 Å². The largest absolute Gasteiger partial charge is 0.359 e. The van der Waals surface area contributed by atoms with Gasteiger partial charge < -0.3 is 10.6 Å². The minimum Gasteiger partial charge on any atom is -0.359 e. The maximum Gasteiger partial charge on any atom is 0.239 e. The van der Waals surface area contributed by atoms with Crippen LogP contribution < -0.4 is 10.6 Å². The molecule has 0 aliphatic carbocycles. The molecule has 1 aromatic heterocycles. The van der Waals surface area contributed by atoms with Crippen molar-refractivity contribution in [2.24, 2.45) is 5.92 Å². The quantitative estimate of drug-likeness (QED) is 0.813. The van der Waals surface area contributed by atoms with Crippen LogP contribution >= 0.6 is 0 Å². The first-order chi connectivity index (χ1) is 13.8. The molecule has 1 unspecified atom stereocenters. The Morgan fingerprint density at radius 1 is 1.21 bits per heavy atom. The van der Waals surface area contributed by atoms with Gasteiger partial charge >= 0.3 is 0 Å². The molecule has 7 heteroatoms. The number of rotatable bonds is 5. The Bertz CT molecular complexity index is 854. The Morgan fingerprint density at radius 3 is 2.59 bits per heavy atom. The van der Waals surface area contributed by atoms with E-state index in [1.807, 2.05) is 41.3 Å². The lowest BCUT2D eigenvalue weighted by molar-refractivity contribution is -0.127. The Kier molecular flexibility index (Phi) is 6.37. The molecule has 1 aliphatic heterocycles. The molecule has 0 bridgehead atoms. The van der Waals surface area contributed by atoms with Gasteiger partial charge in [0.2, 0.25) is 11.8 Å². The summed E-state index contributed by atoms with van der Waals surface area (Å²) in [4.78, 5) is 26.8. The fourth-order valence-electron chi connectivity index (χ4n) is 3.61. The number of hydrogen-bond acceptors (Lipinski definition) is 4. The minimum atomic E-state index is -0.132. The van der Waals surface area contributed by atoms with Gasteiger partial charge in [-0.3, -0.25) is 14.5 Å². The molecule has 7 nitrogen and oxygen atoms in total. The number of nitrogens with zero attached hydrogens (tertiary/aromatic N) is 3. The van der Waals surface area contributed by atoms with E-state index in [0.717, 1.165) is 30.8 Å². The van der Waals surface area contributed by atoms with Gasteiger partial charge in [-0.05, 0) is 31.5 Å². The number of carbonyl (C=O) groups is 2. The molecule has 156 valence electrons. The maximum atomic E-state index is 12.8. The summed E-state index contributed by atoms with van der Waals surface area (Å²) in [7, 11) is 1.66. The van der Waals surface area contributed by atoms with Gasteiger partial charge in [0.05, 0.1) is 23.8 Å². The summed E-state index contributed by atoms with van der Waals surface area (Å²) in [6, 6.07) is 11.7. The third kappa shape index (κ3) is 5.23. The Morgan fingerprint density at radius 2 is 1.93 bits per heavy atom. The number of aromatic nitrogens is 2. The Hall–Kier alpha value is -2.67. The van der Waals surface area contributed by atoms with Crippen LogP contribution in [0.5, 0.6) is 0 Å². The van der Waals surface area contributed by atoms with Crippen LogP contribution in [0.25, 0.3) is 5.69 Å². The highest BCUT2D eigenvalue weighted by Gasteiger charge is 2.27. The zero-order valence-corrected chi connectivity index (χ0v) is 17.7. The number of piperidine rings is 1. The van der Waals surface area contributed by atoms with Crippen molar-refractivity contribution in [3.05, 3.63) is 42.1 Å². The standard InChI is InChI=1S/C22H31N5O2/c1-22(2,3)18-13-19(27(25-18)17-10-6-5-7-11-17)24-20(28)15-26-12-8-9-16(14-26)21(29)23-4/h5-7,10-11,13,16H,8-9,12,14-15H2,1-4H3,(H,23,29)(H,24,28). The van der Waals surface area contributed by atoms with Gasteiger partial charge in [-0.1, -0.05) is 39.0 Å². The zero-order valence-electron chi connectivity index (χ0n) is 17.7. The van der Waals surface area contributed by atoms with Crippen LogP contribution in [0.4, 0.5) is 5.82 Å². The fraction of sp³-hybridized carbons (Fsp3) is 0.500. The average molecular weight is 398 g/mol. The van der Waals surface area contributed by atoms with Crippen LogP contribution in [0.15, 0.2) is 36.4 Å². The average Bonchev–Trinajstić information content (AvgIpc) is 3.12. The van der Waals surface area contributed by atoms with E-state index in [9.17, 15) is 9.59 Å². The van der Waals surface area contributed by atoms with E-state index in [1.165, 1.54) is 0 Å². The summed E-state index contributed by atoms with van der Waals surface area (Å²) in [6.07, 6.45) is 1.79. The summed E-state index contributed by atoms with van der Waals surface area (Å²) in [6.45, 7) is 8.00. The number of para-hydroxylation sites is 1. The molecule has 1 aromatic carbocycles. The smallest absolute Gasteiger partial charge is 0.239 e. The zero-order chi connectivity index (χ0) is 21.0. The molecule has 1 atom stereocenters. The van der Waals surface area contributed by atoms with Crippen LogP contribution in [-0.2, 0) is 15.0 Å². The highest BCUT2D eigenvalue weighted by Crippen LogP contribution is 2.26. The SMILES string of the molecule is CNC(=O)C1CCCN(CC(=O)Nc2cc(C(C)(C)C)nn2-c2ccccc2)C1. The van der Waals surface area contributed by atoms with Gasteiger partial charge in [-0.25, -0.2) is 4.68 Å². The monoisotopic (exact) mass is 397 g/mol. The third-order valence-corrected chi connectivity index (χ3v) is 5.24. The van der Waals surface area contributed by atoms with Gasteiger partial charge in [0.25, 0.3) is 0 Å². The Labute approximate surface area is 172 Å². The van der Waals surface area contributed by atoms with Crippen molar-refractivity contribution in [3.63, 3.8) is 0 Å². The highest BCUT2D eigenvalue weighted by molar-refractivity contribution is 5.92. The van der Waals surface area contributed by atoms with Crippen molar-refractivity contribution in [1.82, 2.24) is 20.0 Å². The highest BCUT2D eigenvalue weighted by atomic mass is 16.2. The first-order valence-corrected chi connectivity index (χ1v) is 10.2. The van der Waals surface area contributed by atoms with Gasteiger partial charge in [-0.15, -0.1) is 0 Å². The molecule has 1 fully saturated rings. The molecule has 2 N–H and O–H groups in total. The first-order valence-electron chi connectivity index (χ1n) is 10.2. The third-order valence-electron chi connectivity index (χ3n) is 5.24. The molecule has 29 heavy (non-hydrogen) atoms. The van der Waals surface area contributed by atoms with Crippen molar-refractivity contribution < 1.29 is 9.59 Å². The van der Waals surface area contributed by atoms with Crippen molar-refractivity contribution in [1.29, 1.82) is 0 Å². The molecule has 3 rings (SSSR count). The second-order valence-electron chi connectivity index (χ2n) is 8.65. The Balaban J connectivity index is 1.74. The summed E-state index contributed by atoms with van der Waals surface area (Å²) >= 11 is 0. The van der Waals surface area contributed by atoms with Crippen LogP contribution in [-0.4, -0.2) is 53.2 Å². The number of hydrogen-bond donors (Lipinski definition) is 2. The second kappa shape index (κ2) is 8.78. The number of anilines is 1. The molecule has 0 radical (unpaired) electrons. The van der Waals surface area contributed by atoms with E-state index in [2.05, 4.69) is 31.4 Å². The predicted octanol–water partition coefficient (Wildman–Crippen LogP) is 2.57. The maximum absolute atomic E-state index is 12.8. The van der Waals surface area contributed by atoms with Crippen molar-refractivity contribution >= 4 is 17.6 Å². The summed E-state index contributed by atoms with van der Waals surface area (Å²) in [5.41, 5.74) is 1.68. The van der Waals surface area contributed by atoms with Crippen LogP contribution in [0, 0.1) is 5.92 Å². The van der Waals surface area contributed by atoms with Gasteiger partial charge in [0, 0.05) is 25.1 Å². The fourth-order valence-corrected chi connectivity index (χ4v) is 3.61. The predicted molar refractivity (Wildman–Crippen MR) is 114 cm³/mol. The second-order valence-corrected chi connectivity index (χ2v) is 8.65. The summed E-state index contributed by atoms with van der Waals surface area (Å²) < 4.78 is 1.78. The van der Waals surface area contributed by atoms with Crippen LogP contribution in [0.2, 0.25) is 0 Å². The number of benzene rings is 1. The molecule has 1 saturated heterocycles. The van der Waals surface area contributed by atoms with E-state index >= 15 is 0 Å². The van der Waals surface area contributed by atoms with E-state index in [1.54, 1.807) is 11.7 Å². The van der Waals surface area contributed by atoms with E-state index in [0.29, 0.717) is 12.4 Å². The molecule has 0 saturated carbocycles. The number of nitrogens with one attached hydrogen (secondary N) is 2. The number of amides is 2. The van der Waals surface area contributed by atoms with Gasteiger partial charge in [-0.2, -0.15) is 5.10 Å².